The topological polar surface area (TPSA) is 63.3 Å². The van der Waals surface area contributed by atoms with Gasteiger partial charge in [-0.15, -0.1) is 0 Å². The second kappa shape index (κ2) is 2.35. The molecule has 1 atom stereocenters. The molecule has 0 aromatic carbocycles. The molecule has 0 saturated heterocycles. The Morgan fingerprint density at radius 3 is 1.92 bits per heavy atom. The quantitative estimate of drug-likeness (QED) is 0.663. The molecule has 0 heterocycles. The molecule has 0 amide bonds. The maximum absolute atomic E-state index is 12.1. The van der Waals surface area contributed by atoms with Crippen molar-refractivity contribution in [1.82, 2.24) is 0 Å². The van der Waals surface area contributed by atoms with E-state index in [2.05, 4.69) is 0 Å². The summed E-state index contributed by atoms with van der Waals surface area (Å²) in [5.74, 6) is -2.94. The molecule has 0 spiro atoms. The highest BCUT2D eigenvalue weighted by atomic mass is 19.4. The Balaban J connectivity index is 2.93. The van der Waals surface area contributed by atoms with Gasteiger partial charge < -0.3 is 10.8 Å². The number of aliphatic carboxylic acids is 1. The molecule has 70 valence electrons. The second-order valence-corrected chi connectivity index (χ2v) is 2.95. The molecule has 3 N–H and O–H groups in total. The van der Waals surface area contributed by atoms with Gasteiger partial charge in [0.2, 0.25) is 5.54 Å². The monoisotopic (exact) mass is 183 g/mol. The van der Waals surface area contributed by atoms with Crippen molar-refractivity contribution in [3.05, 3.63) is 0 Å². The fourth-order valence-electron chi connectivity index (χ4n) is 1.07. The van der Waals surface area contributed by atoms with E-state index in [0.29, 0.717) is 0 Å². The summed E-state index contributed by atoms with van der Waals surface area (Å²) in [5, 5.41) is 8.33. The van der Waals surface area contributed by atoms with Gasteiger partial charge in [-0.25, -0.2) is 4.79 Å². The number of halogens is 3. The molecule has 0 aromatic rings. The third kappa shape index (κ3) is 1.16. The summed E-state index contributed by atoms with van der Waals surface area (Å²) < 4.78 is 36.4. The first-order chi connectivity index (χ1) is 5.30. The average molecular weight is 183 g/mol. The highest BCUT2D eigenvalue weighted by Gasteiger charge is 2.65. The van der Waals surface area contributed by atoms with Crippen LogP contribution in [0.25, 0.3) is 0 Å². The smallest absolute Gasteiger partial charge is 0.417 e. The lowest BCUT2D eigenvalue weighted by Crippen LogP contribution is -2.61. The van der Waals surface area contributed by atoms with Crippen LogP contribution in [0.5, 0.6) is 0 Å². The van der Waals surface area contributed by atoms with E-state index in [0.717, 1.165) is 0 Å². The number of carboxylic acid groups (broad SMARTS) is 1. The number of carbonyl (C=O) groups is 1. The van der Waals surface area contributed by atoms with Gasteiger partial charge in [-0.1, -0.05) is 0 Å². The molecule has 1 aliphatic rings. The first-order valence-electron chi connectivity index (χ1n) is 3.39. The summed E-state index contributed by atoms with van der Waals surface area (Å²) in [6.07, 6.45) is -4.38. The Bertz CT molecular complexity index is 211. The van der Waals surface area contributed by atoms with Crippen LogP contribution in [0.1, 0.15) is 12.8 Å². The molecule has 1 aliphatic carbocycles. The first kappa shape index (κ1) is 9.31. The number of nitrogens with two attached hydrogens (primary N) is 1. The molecule has 0 bridgehead atoms. The standard InChI is InChI=1S/C6H8F3NO2/c7-6(8,9)5(10,4(11)12)3-1-2-3/h3H,1-2,10H2,(H,11,12). The van der Waals surface area contributed by atoms with E-state index >= 15 is 0 Å². The number of hydrogen-bond acceptors (Lipinski definition) is 2. The van der Waals surface area contributed by atoms with Gasteiger partial charge in [-0.3, -0.25) is 0 Å². The molecular weight excluding hydrogens is 175 g/mol. The van der Waals surface area contributed by atoms with E-state index in [1.807, 2.05) is 0 Å². The van der Waals surface area contributed by atoms with Crippen molar-refractivity contribution in [1.29, 1.82) is 0 Å². The van der Waals surface area contributed by atoms with Crippen LogP contribution in [0.2, 0.25) is 0 Å². The average Bonchev–Trinajstić information content (AvgIpc) is 2.63. The lowest BCUT2D eigenvalue weighted by atomic mass is 9.94. The van der Waals surface area contributed by atoms with Crippen LogP contribution >= 0.6 is 0 Å². The third-order valence-corrected chi connectivity index (χ3v) is 2.04. The van der Waals surface area contributed by atoms with E-state index in [-0.39, 0.29) is 12.8 Å². The summed E-state index contributed by atoms with van der Waals surface area (Å²) in [5.41, 5.74) is 1.76. The van der Waals surface area contributed by atoms with Crippen molar-refractivity contribution in [3.8, 4) is 0 Å². The Morgan fingerprint density at radius 1 is 1.42 bits per heavy atom. The first-order valence-corrected chi connectivity index (χ1v) is 3.39. The number of alkyl halides is 3. The molecule has 1 unspecified atom stereocenters. The molecule has 3 nitrogen and oxygen atoms in total. The van der Waals surface area contributed by atoms with Crippen LogP contribution < -0.4 is 5.73 Å². The minimum Gasteiger partial charge on any atom is -0.480 e. The third-order valence-electron chi connectivity index (χ3n) is 2.04. The zero-order valence-corrected chi connectivity index (χ0v) is 6.06. The summed E-state index contributed by atoms with van der Waals surface area (Å²) >= 11 is 0. The van der Waals surface area contributed by atoms with E-state index in [9.17, 15) is 18.0 Å². The highest BCUT2D eigenvalue weighted by Crippen LogP contribution is 2.46. The van der Waals surface area contributed by atoms with Crippen LogP contribution in [0.4, 0.5) is 13.2 Å². The van der Waals surface area contributed by atoms with Crippen molar-refractivity contribution >= 4 is 5.97 Å². The molecule has 6 heteroatoms. The van der Waals surface area contributed by atoms with Crippen LogP contribution in [-0.2, 0) is 4.79 Å². The molecule has 1 rings (SSSR count). The van der Waals surface area contributed by atoms with E-state index in [1.165, 1.54) is 0 Å². The highest BCUT2D eigenvalue weighted by molar-refractivity contribution is 5.80. The van der Waals surface area contributed by atoms with Crippen LogP contribution in [-0.4, -0.2) is 22.8 Å². The largest absolute Gasteiger partial charge is 0.480 e. The maximum Gasteiger partial charge on any atom is 0.417 e. The van der Waals surface area contributed by atoms with E-state index < -0.39 is 23.6 Å². The van der Waals surface area contributed by atoms with Gasteiger partial charge in [0.1, 0.15) is 0 Å². The van der Waals surface area contributed by atoms with E-state index in [1.54, 1.807) is 0 Å². The van der Waals surface area contributed by atoms with Crippen molar-refractivity contribution in [2.45, 2.75) is 24.6 Å². The maximum atomic E-state index is 12.1. The molecule has 1 saturated carbocycles. The Morgan fingerprint density at radius 2 is 1.83 bits per heavy atom. The van der Waals surface area contributed by atoms with Crippen LogP contribution in [0, 0.1) is 5.92 Å². The van der Waals surface area contributed by atoms with Gasteiger partial charge in [0.05, 0.1) is 0 Å². The predicted octanol–water partition coefficient (Wildman–Crippen LogP) is 0.741. The second-order valence-electron chi connectivity index (χ2n) is 2.95. The van der Waals surface area contributed by atoms with Gasteiger partial charge in [0.25, 0.3) is 0 Å². The van der Waals surface area contributed by atoms with Crippen LogP contribution in [0.3, 0.4) is 0 Å². The van der Waals surface area contributed by atoms with Crippen molar-refractivity contribution in [2.75, 3.05) is 0 Å². The van der Waals surface area contributed by atoms with Gasteiger partial charge in [-0.05, 0) is 18.8 Å². The summed E-state index contributed by atoms with van der Waals surface area (Å²) in [6, 6.07) is 0. The van der Waals surface area contributed by atoms with Crippen molar-refractivity contribution in [2.24, 2.45) is 11.7 Å². The summed E-state index contributed by atoms with van der Waals surface area (Å²) in [6.45, 7) is 0. The number of hydrogen-bond donors (Lipinski definition) is 2. The van der Waals surface area contributed by atoms with Gasteiger partial charge >= 0.3 is 12.1 Å². The molecule has 0 radical (unpaired) electrons. The number of rotatable bonds is 2. The SMILES string of the molecule is NC(C(=O)O)(C1CC1)C(F)(F)F. The zero-order chi connectivity index (χ0) is 9.57. The van der Waals surface area contributed by atoms with Crippen LogP contribution in [0.15, 0.2) is 0 Å². The Hall–Kier alpha value is -0.780. The fourth-order valence-corrected chi connectivity index (χ4v) is 1.07. The molecular formula is C6H8F3NO2. The fraction of sp³-hybridized carbons (Fsp3) is 0.833. The van der Waals surface area contributed by atoms with E-state index in [4.69, 9.17) is 10.8 Å². The molecule has 12 heavy (non-hydrogen) atoms. The minimum absolute atomic E-state index is 0.238. The predicted molar refractivity (Wildman–Crippen MR) is 33.3 cm³/mol. The Kier molecular flexibility index (Phi) is 1.82. The lowest BCUT2D eigenvalue weighted by Gasteiger charge is -2.26. The van der Waals surface area contributed by atoms with Crippen molar-refractivity contribution < 1.29 is 23.1 Å². The molecule has 0 aromatic heterocycles. The Labute approximate surface area is 66.4 Å². The van der Waals surface area contributed by atoms with Gasteiger partial charge in [0, 0.05) is 0 Å². The number of carboxylic acids is 1. The minimum atomic E-state index is -4.86. The summed E-state index contributed by atoms with van der Waals surface area (Å²) in [4.78, 5) is 10.3. The summed E-state index contributed by atoms with van der Waals surface area (Å²) in [7, 11) is 0. The van der Waals surface area contributed by atoms with Crippen molar-refractivity contribution in [3.63, 3.8) is 0 Å². The molecule has 1 fully saturated rings. The lowest BCUT2D eigenvalue weighted by molar-refractivity contribution is -0.206. The normalized spacial score (nSPS) is 23.3. The zero-order valence-electron chi connectivity index (χ0n) is 6.06. The van der Waals surface area contributed by atoms with Gasteiger partial charge in [0.15, 0.2) is 0 Å². The molecule has 0 aliphatic heterocycles. The van der Waals surface area contributed by atoms with Gasteiger partial charge in [-0.2, -0.15) is 13.2 Å².